The normalized spacial score (nSPS) is 11.2. The van der Waals surface area contributed by atoms with Crippen molar-refractivity contribution in [1.82, 2.24) is 5.43 Å². The minimum Gasteiger partial charge on any atom is -0.325 e. The molecule has 4 heteroatoms. The van der Waals surface area contributed by atoms with E-state index in [4.69, 9.17) is 5.84 Å². The first-order chi connectivity index (χ1) is 7.86. The van der Waals surface area contributed by atoms with Crippen LogP contribution in [0.3, 0.4) is 0 Å². The number of nitrogens with one attached hydrogen (secondary N) is 2. The van der Waals surface area contributed by atoms with Crippen LogP contribution >= 0.6 is 0 Å². The minimum atomic E-state index is 0.613. The number of hydrogen-bond donors (Lipinski definition) is 3. The molecule has 0 amide bonds. The molecule has 0 heterocycles. The zero-order chi connectivity index (χ0) is 11.6. The molecule has 4 N–H and O–H groups in total. The number of hydrazine groups is 1. The molecule has 0 aliphatic carbocycles. The van der Waals surface area contributed by atoms with Crippen LogP contribution in [0.4, 0.5) is 5.69 Å². The first-order valence-electron chi connectivity index (χ1n) is 5.70. The molecule has 88 valence electrons. The molecule has 0 atom stereocenters. The third kappa shape index (κ3) is 4.79. The van der Waals surface area contributed by atoms with Gasteiger partial charge >= 0.3 is 0 Å². The molecule has 0 spiro atoms. The van der Waals surface area contributed by atoms with Gasteiger partial charge in [-0.15, -0.1) is 0 Å². The third-order valence-corrected chi connectivity index (χ3v) is 2.20. The molecule has 4 nitrogen and oxygen atoms in total. The number of rotatable bonds is 5. The van der Waals surface area contributed by atoms with Crippen LogP contribution in [0.2, 0.25) is 0 Å². The van der Waals surface area contributed by atoms with Crippen molar-refractivity contribution < 1.29 is 0 Å². The Balaban J connectivity index is 2.42. The van der Waals surface area contributed by atoms with Gasteiger partial charge in [0.25, 0.3) is 0 Å². The summed E-state index contributed by atoms with van der Waals surface area (Å²) in [4.78, 5) is 4.34. The molecule has 0 fully saturated rings. The van der Waals surface area contributed by atoms with Crippen LogP contribution < -0.4 is 16.6 Å². The molecule has 1 aromatic rings. The number of nitrogens with zero attached hydrogens (tertiary/aromatic N) is 1. The maximum Gasteiger partial charge on any atom is 0.210 e. The van der Waals surface area contributed by atoms with Gasteiger partial charge in [0.05, 0.1) is 0 Å². The van der Waals surface area contributed by atoms with Crippen LogP contribution in [0.15, 0.2) is 35.3 Å². The highest BCUT2D eigenvalue weighted by atomic mass is 15.3. The summed E-state index contributed by atoms with van der Waals surface area (Å²) in [5.74, 6) is 6.01. The zero-order valence-electron chi connectivity index (χ0n) is 9.74. The summed E-state index contributed by atoms with van der Waals surface area (Å²) in [7, 11) is 0. The molecule has 0 aliphatic heterocycles. The maximum absolute atomic E-state index is 5.39. The molecule has 0 aromatic heterocycles. The van der Waals surface area contributed by atoms with E-state index >= 15 is 0 Å². The van der Waals surface area contributed by atoms with Gasteiger partial charge in [-0.25, -0.2) is 5.84 Å². The van der Waals surface area contributed by atoms with E-state index in [1.54, 1.807) is 0 Å². The largest absolute Gasteiger partial charge is 0.325 e. The second-order valence-corrected chi connectivity index (χ2v) is 3.57. The maximum atomic E-state index is 5.39. The lowest BCUT2D eigenvalue weighted by Crippen LogP contribution is -2.36. The molecule has 0 saturated carbocycles. The first kappa shape index (κ1) is 12.5. The second kappa shape index (κ2) is 7.70. The van der Waals surface area contributed by atoms with Crippen LogP contribution in [0.5, 0.6) is 0 Å². The molecule has 0 aliphatic rings. The Hall–Kier alpha value is -1.55. The molecular formula is C12H20N4. The Bertz CT molecular complexity index is 308. The summed E-state index contributed by atoms with van der Waals surface area (Å²) in [6, 6.07) is 9.85. The summed E-state index contributed by atoms with van der Waals surface area (Å²) >= 11 is 0. The fraction of sp³-hybridized carbons (Fsp3) is 0.417. The number of aliphatic imine (C=N–C) groups is 1. The van der Waals surface area contributed by atoms with E-state index in [9.17, 15) is 0 Å². The second-order valence-electron chi connectivity index (χ2n) is 3.57. The van der Waals surface area contributed by atoms with Gasteiger partial charge in [0.15, 0.2) is 0 Å². The van der Waals surface area contributed by atoms with Crippen molar-refractivity contribution in [2.75, 3.05) is 11.9 Å². The summed E-state index contributed by atoms with van der Waals surface area (Å²) < 4.78 is 0. The number of benzene rings is 1. The Morgan fingerprint density at radius 2 is 2.00 bits per heavy atom. The predicted octanol–water partition coefficient (Wildman–Crippen LogP) is 2.11. The van der Waals surface area contributed by atoms with E-state index in [-0.39, 0.29) is 0 Å². The fourth-order valence-electron chi connectivity index (χ4n) is 1.33. The number of guanidine groups is 1. The molecule has 0 bridgehead atoms. The van der Waals surface area contributed by atoms with Crippen molar-refractivity contribution in [3.05, 3.63) is 30.3 Å². The average molecular weight is 220 g/mol. The van der Waals surface area contributed by atoms with Crippen molar-refractivity contribution in [1.29, 1.82) is 0 Å². The number of para-hydroxylation sites is 1. The van der Waals surface area contributed by atoms with E-state index in [2.05, 4.69) is 22.7 Å². The van der Waals surface area contributed by atoms with Gasteiger partial charge in [-0.3, -0.25) is 10.4 Å². The van der Waals surface area contributed by atoms with Gasteiger partial charge in [-0.05, 0) is 18.6 Å². The summed E-state index contributed by atoms with van der Waals surface area (Å²) in [5, 5.41) is 3.12. The van der Waals surface area contributed by atoms with Crippen LogP contribution in [0.1, 0.15) is 26.2 Å². The van der Waals surface area contributed by atoms with Gasteiger partial charge in [-0.1, -0.05) is 38.0 Å². The van der Waals surface area contributed by atoms with Crippen molar-refractivity contribution in [2.24, 2.45) is 10.8 Å². The number of anilines is 1. The molecule has 0 saturated heterocycles. The summed E-state index contributed by atoms with van der Waals surface area (Å²) in [6.07, 6.45) is 3.50. The van der Waals surface area contributed by atoms with E-state index < -0.39 is 0 Å². The summed E-state index contributed by atoms with van der Waals surface area (Å²) in [6.45, 7) is 2.97. The van der Waals surface area contributed by atoms with Crippen LogP contribution in [-0.4, -0.2) is 12.5 Å². The zero-order valence-corrected chi connectivity index (χ0v) is 9.74. The van der Waals surface area contributed by atoms with E-state index in [1.807, 2.05) is 30.3 Å². The van der Waals surface area contributed by atoms with Crippen molar-refractivity contribution in [3.8, 4) is 0 Å². The number of unbranched alkanes of at least 4 members (excludes halogenated alkanes) is 2. The van der Waals surface area contributed by atoms with Gasteiger partial charge < -0.3 is 5.32 Å². The Morgan fingerprint density at radius 1 is 1.25 bits per heavy atom. The Labute approximate surface area is 96.9 Å². The Kier molecular flexibility index (Phi) is 6.03. The quantitative estimate of drug-likeness (QED) is 0.234. The van der Waals surface area contributed by atoms with Gasteiger partial charge in [0.2, 0.25) is 5.96 Å². The minimum absolute atomic E-state index is 0.613. The van der Waals surface area contributed by atoms with Crippen LogP contribution in [0.25, 0.3) is 0 Å². The first-order valence-corrected chi connectivity index (χ1v) is 5.70. The number of nitrogens with two attached hydrogens (primary N) is 1. The highest BCUT2D eigenvalue weighted by Crippen LogP contribution is 2.04. The lowest BCUT2D eigenvalue weighted by atomic mass is 10.2. The molecule has 16 heavy (non-hydrogen) atoms. The smallest absolute Gasteiger partial charge is 0.210 e. The molecular weight excluding hydrogens is 200 g/mol. The SMILES string of the molecule is CCCCCN=C(NN)Nc1ccccc1. The number of hydrogen-bond acceptors (Lipinski definition) is 2. The molecule has 1 rings (SSSR count). The monoisotopic (exact) mass is 220 g/mol. The Morgan fingerprint density at radius 3 is 2.62 bits per heavy atom. The fourth-order valence-corrected chi connectivity index (χ4v) is 1.33. The standard InChI is InChI=1S/C12H20N4/c1-2-3-7-10-14-12(16-13)15-11-8-5-4-6-9-11/h4-6,8-9H,2-3,7,10,13H2,1H3,(H2,14,15,16). The van der Waals surface area contributed by atoms with E-state index in [0.29, 0.717) is 5.96 Å². The highest BCUT2D eigenvalue weighted by Gasteiger charge is 1.95. The van der Waals surface area contributed by atoms with Crippen molar-refractivity contribution in [3.63, 3.8) is 0 Å². The van der Waals surface area contributed by atoms with Gasteiger partial charge in [0, 0.05) is 12.2 Å². The topological polar surface area (TPSA) is 62.4 Å². The predicted molar refractivity (Wildman–Crippen MR) is 69.2 cm³/mol. The summed E-state index contributed by atoms with van der Waals surface area (Å²) in [5.41, 5.74) is 3.55. The van der Waals surface area contributed by atoms with Crippen LogP contribution in [0, 0.1) is 0 Å². The molecule has 0 unspecified atom stereocenters. The lowest BCUT2D eigenvalue weighted by molar-refractivity contribution is 0.725. The van der Waals surface area contributed by atoms with Gasteiger partial charge in [0.1, 0.15) is 0 Å². The molecule has 1 aromatic carbocycles. The van der Waals surface area contributed by atoms with E-state index in [0.717, 1.165) is 18.7 Å². The third-order valence-electron chi connectivity index (χ3n) is 2.20. The lowest BCUT2D eigenvalue weighted by Gasteiger charge is -2.08. The van der Waals surface area contributed by atoms with Crippen molar-refractivity contribution in [2.45, 2.75) is 26.2 Å². The van der Waals surface area contributed by atoms with Gasteiger partial charge in [-0.2, -0.15) is 0 Å². The average Bonchev–Trinajstić information content (AvgIpc) is 2.34. The highest BCUT2D eigenvalue weighted by molar-refractivity contribution is 5.93. The van der Waals surface area contributed by atoms with Crippen LogP contribution in [-0.2, 0) is 0 Å². The molecule has 0 radical (unpaired) electrons. The van der Waals surface area contributed by atoms with Crippen molar-refractivity contribution >= 4 is 11.6 Å². The van der Waals surface area contributed by atoms with E-state index in [1.165, 1.54) is 12.8 Å².